The van der Waals surface area contributed by atoms with E-state index in [1.165, 1.54) is 6.20 Å². The van der Waals surface area contributed by atoms with Crippen LogP contribution in [-0.2, 0) is 27.4 Å². The highest BCUT2D eigenvalue weighted by atomic mass is 16.5. The molecule has 1 N–H and O–H groups in total. The number of ether oxygens (including phenoxy) is 2. The first-order chi connectivity index (χ1) is 14.9. The van der Waals surface area contributed by atoms with E-state index in [2.05, 4.69) is 13.8 Å². The molecule has 0 bridgehead atoms. The highest BCUT2D eigenvalue weighted by molar-refractivity contribution is 6.19. The zero-order valence-corrected chi connectivity index (χ0v) is 17.9. The number of Topliss-reactive ketones (excluding diaryl/α,β-unsaturated/α-hetero) is 1. The van der Waals surface area contributed by atoms with Gasteiger partial charge in [-0.1, -0.05) is 50.2 Å². The minimum absolute atomic E-state index is 0.0520. The van der Waals surface area contributed by atoms with Gasteiger partial charge in [-0.2, -0.15) is 0 Å². The van der Waals surface area contributed by atoms with E-state index < -0.39 is 23.9 Å². The van der Waals surface area contributed by atoms with Crippen LogP contribution in [-0.4, -0.2) is 41.0 Å². The van der Waals surface area contributed by atoms with E-state index in [0.717, 1.165) is 23.1 Å². The fourth-order valence-corrected chi connectivity index (χ4v) is 4.53. The second-order valence-corrected chi connectivity index (χ2v) is 8.40. The third kappa shape index (κ3) is 3.95. The molecule has 6 heteroatoms. The molecule has 2 heterocycles. The molecule has 0 fully saturated rings. The second kappa shape index (κ2) is 8.55. The summed E-state index contributed by atoms with van der Waals surface area (Å²) in [5, 5.41) is 9.71. The topological polar surface area (TPSA) is 76.1 Å². The number of nitrogens with zero attached hydrogens (tertiary/aromatic N) is 1. The van der Waals surface area contributed by atoms with E-state index in [1.807, 2.05) is 53.4 Å². The molecule has 31 heavy (non-hydrogen) atoms. The van der Waals surface area contributed by atoms with Gasteiger partial charge < -0.3 is 19.5 Å². The van der Waals surface area contributed by atoms with Crippen LogP contribution in [0.5, 0.6) is 5.75 Å². The van der Waals surface area contributed by atoms with E-state index in [1.54, 1.807) is 7.11 Å². The Morgan fingerprint density at radius 2 is 1.94 bits per heavy atom. The van der Waals surface area contributed by atoms with Crippen molar-refractivity contribution < 1.29 is 24.2 Å². The van der Waals surface area contributed by atoms with E-state index in [9.17, 15) is 14.7 Å². The van der Waals surface area contributed by atoms with Crippen LogP contribution >= 0.6 is 0 Å². The average molecular weight is 421 g/mol. The van der Waals surface area contributed by atoms with Crippen molar-refractivity contribution in [1.82, 2.24) is 4.90 Å². The van der Waals surface area contributed by atoms with Crippen molar-refractivity contribution in [1.29, 1.82) is 0 Å². The van der Waals surface area contributed by atoms with E-state index >= 15 is 0 Å². The van der Waals surface area contributed by atoms with Gasteiger partial charge in [0.1, 0.15) is 17.4 Å². The first-order valence-electron chi connectivity index (χ1n) is 10.5. The molecule has 6 nitrogen and oxygen atoms in total. The minimum atomic E-state index is -1.23. The number of hydrogen-bond donors (Lipinski definition) is 1. The molecule has 4 rings (SSSR count). The number of aliphatic carboxylic acids is 1. The summed E-state index contributed by atoms with van der Waals surface area (Å²) in [6, 6.07) is 15.1. The fourth-order valence-electron chi connectivity index (χ4n) is 4.53. The van der Waals surface area contributed by atoms with Gasteiger partial charge in [0.05, 0.1) is 19.8 Å². The summed E-state index contributed by atoms with van der Waals surface area (Å²) >= 11 is 0. The number of rotatable bonds is 6. The van der Waals surface area contributed by atoms with Crippen molar-refractivity contribution >= 4 is 11.8 Å². The molecule has 2 aliphatic heterocycles. The highest BCUT2D eigenvalue weighted by Gasteiger charge is 2.47. The largest absolute Gasteiger partial charge is 0.497 e. The molecule has 3 unspecified atom stereocenters. The minimum Gasteiger partial charge on any atom is -0.497 e. The number of fused-ring (bicyclic) bond motifs is 3. The smallest absolute Gasteiger partial charge is 0.340 e. The average Bonchev–Trinajstić information content (AvgIpc) is 2.77. The SMILES string of the molecule is COc1ccc2c(c1)C1C(OCc3ccccc3)C(=O)C(C(=O)O)=CN1C(C(C)C)C2. The van der Waals surface area contributed by atoms with Crippen LogP contribution in [0.2, 0.25) is 0 Å². The van der Waals surface area contributed by atoms with Gasteiger partial charge in [0, 0.05) is 12.2 Å². The Morgan fingerprint density at radius 3 is 2.58 bits per heavy atom. The van der Waals surface area contributed by atoms with E-state index in [4.69, 9.17) is 9.47 Å². The molecule has 0 radical (unpaired) electrons. The van der Waals surface area contributed by atoms with Crippen LogP contribution in [0.3, 0.4) is 0 Å². The van der Waals surface area contributed by atoms with E-state index in [0.29, 0.717) is 5.75 Å². The van der Waals surface area contributed by atoms with Gasteiger partial charge in [0.15, 0.2) is 0 Å². The third-order valence-electron chi connectivity index (χ3n) is 6.17. The summed E-state index contributed by atoms with van der Waals surface area (Å²) in [6.45, 7) is 4.45. The number of benzene rings is 2. The predicted molar refractivity (Wildman–Crippen MR) is 116 cm³/mol. The van der Waals surface area contributed by atoms with Crippen LogP contribution < -0.4 is 4.74 Å². The zero-order chi connectivity index (χ0) is 22.1. The number of ketones is 1. The van der Waals surface area contributed by atoms with Crippen molar-refractivity contribution in [3.05, 3.63) is 77.0 Å². The Hall–Kier alpha value is -3.12. The van der Waals surface area contributed by atoms with E-state index in [-0.39, 0.29) is 24.1 Å². The number of carboxylic acids is 1. The van der Waals surface area contributed by atoms with Crippen molar-refractivity contribution in [3.63, 3.8) is 0 Å². The lowest BCUT2D eigenvalue weighted by Crippen LogP contribution is -2.53. The van der Waals surface area contributed by atoms with Gasteiger partial charge in [0.25, 0.3) is 0 Å². The van der Waals surface area contributed by atoms with Crippen LogP contribution in [0, 0.1) is 5.92 Å². The Morgan fingerprint density at radius 1 is 1.19 bits per heavy atom. The van der Waals surface area contributed by atoms with Crippen molar-refractivity contribution in [2.24, 2.45) is 5.92 Å². The van der Waals surface area contributed by atoms with Gasteiger partial charge in [-0.15, -0.1) is 0 Å². The third-order valence-corrected chi connectivity index (χ3v) is 6.17. The molecule has 0 amide bonds. The van der Waals surface area contributed by atoms with Crippen LogP contribution in [0.15, 0.2) is 60.3 Å². The molecule has 0 saturated carbocycles. The van der Waals surface area contributed by atoms with Gasteiger partial charge >= 0.3 is 5.97 Å². The van der Waals surface area contributed by atoms with Gasteiger partial charge in [0.2, 0.25) is 5.78 Å². The lowest BCUT2D eigenvalue weighted by atomic mass is 9.78. The van der Waals surface area contributed by atoms with Crippen molar-refractivity contribution in [2.75, 3.05) is 7.11 Å². The van der Waals surface area contributed by atoms with Gasteiger partial charge in [-0.3, -0.25) is 4.79 Å². The highest BCUT2D eigenvalue weighted by Crippen LogP contribution is 2.43. The molecule has 3 atom stereocenters. The molecular formula is C25H27NO5. The normalized spacial score (nSPS) is 22.6. The summed E-state index contributed by atoms with van der Waals surface area (Å²) in [6.07, 6.45) is 1.35. The maximum absolute atomic E-state index is 13.3. The summed E-state index contributed by atoms with van der Waals surface area (Å²) in [5.41, 5.74) is 2.78. The molecule has 2 aromatic rings. The molecule has 2 aliphatic rings. The molecule has 2 aromatic carbocycles. The maximum Gasteiger partial charge on any atom is 0.340 e. The first-order valence-corrected chi connectivity index (χ1v) is 10.5. The van der Waals surface area contributed by atoms with Crippen molar-refractivity contribution in [3.8, 4) is 5.75 Å². The predicted octanol–water partition coefficient (Wildman–Crippen LogP) is 3.76. The summed E-state index contributed by atoms with van der Waals surface area (Å²) in [5.74, 6) is -0.769. The molecule has 0 aromatic heterocycles. The van der Waals surface area contributed by atoms with Crippen LogP contribution in [0.25, 0.3) is 0 Å². The first kappa shape index (κ1) is 21.1. The molecule has 0 saturated heterocycles. The van der Waals surface area contributed by atoms with Gasteiger partial charge in [-0.05, 0) is 41.2 Å². The lowest BCUT2D eigenvalue weighted by molar-refractivity contribution is -0.143. The molecule has 162 valence electrons. The fraction of sp³-hybridized carbons (Fsp3) is 0.360. The molecular weight excluding hydrogens is 394 g/mol. The zero-order valence-electron chi connectivity index (χ0n) is 17.9. The molecule has 0 spiro atoms. The number of carbonyl (C=O) groups is 2. The number of methoxy groups -OCH3 is 1. The lowest BCUT2D eigenvalue weighted by Gasteiger charge is -2.49. The molecule has 0 aliphatic carbocycles. The summed E-state index contributed by atoms with van der Waals surface area (Å²) in [7, 11) is 1.61. The number of hydrogen-bond acceptors (Lipinski definition) is 5. The Kier molecular flexibility index (Phi) is 5.83. The van der Waals surface area contributed by atoms with Crippen LogP contribution in [0.1, 0.15) is 36.6 Å². The monoisotopic (exact) mass is 421 g/mol. The Balaban J connectivity index is 1.81. The number of carboxylic acid groups (broad SMARTS) is 1. The maximum atomic E-state index is 13.3. The number of carbonyl (C=O) groups excluding carboxylic acids is 1. The standard InChI is InChI=1S/C25H27NO5/c1-15(2)21-11-17-9-10-18(30-3)12-19(17)22-24(31-14-16-7-5-4-6-8-16)23(27)20(25(28)29)13-26(21)22/h4-10,12-13,15,21-22,24H,11,14H2,1-3H3,(H,28,29). The Bertz CT molecular complexity index is 1010. The van der Waals surface area contributed by atoms with Crippen LogP contribution in [0.4, 0.5) is 0 Å². The second-order valence-electron chi connectivity index (χ2n) is 8.40. The summed E-state index contributed by atoms with van der Waals surface area (Å²) < 4.78 is 11.6. The quantitative estimate of drug-likeness (QED) is 0.716. The van der Waals surface area contributed by atoms with Crippen molar-refractivity contribution in [2.45, 2.75) is 45.1 Å². The summed E-state index contributed by atoms with van der Waals surface area (Å²) in [4.78, 5) is 27.2. The Labute approximate surface area is 182 Å². The van der Waals surface area contributed by atoms with Gasteiger partial charge in [-0.25, -0.2) is 4.79 Å².